The number of imidazole rings is 1. The van der Waals surface area contributed by atoms with Crippen molar-refractivity contribution >= 4 is 0 Å². The predicted molar refractivity (Wildman–Crippen MR) is 41.6 cm³/mol. The largest absolute Gasteiger partial charge is 0.336 e. The summed E-state index contributed by atoms with van der Waals surface area (Å²) in [5.74, 6) is -0.232. The van der Waals surface area contributed by atoms with Crippen LogP contribution in [0.2, 0.25) is 0 Å². The number of hydrogen-bond acceptors (Lipinski definition) is 3. The van der Waals surface area contributed by atoms with Crippen molar-refractivity contribution in [3.63, 3.8) is 0 Å². The van der Waals surface area contributed by atoms with Gasteiger partial charge >= 0.3 is 0 Å². The van der Waals surface area contributed by atoms with E-state index in [0.29, 0.717) is 6.54 Å². The zero-order valence-electron chi connectivity index (χ0n) is 6.51. The van der Waals surface area contributed by atoms with Gasteiger partial charge in [-0.25, -0.2) is 4.98 Å². The molecule has 0 aliphatic rings. The van der Waals surface area contributed by atoms with Crippen molar-refractivity contribution in [2.75, 3.05) is 0 Å². The van der Waals surface area contributed by atoms with Crippen LogP contribution < -0.4 is 0 Å². The molecule has 0 aliphatic heterocycles. The lowest BCUT2D eigenvalue weighted by atomic mass is 10.1. The summed E-state index contributed by atoms with van der Waals surface area (Å²) in [6.07, 6.45) is 5.35. The molecule has 0 saturated carbocycles. The van der Waals surface area contributed by atoms with E-state index in [2.05, 4.69) is 11.1 Å². The Kier molecular flexibility index (Phi) is 2.87. The SMILES string of the molecule is N#CCC(C#N)Cn1ccnc1. The highest BCUT2D eigenvalue weighted by Crippen LogP contribution is 2.03. The summed E-state index contributed by atoms with van der Waals surface area (Å²) in [6.45, 7) is 0.546. The minimum atomic E-state index is -0.232. The van der Waals surface area contributed by atoms with Gasteiger partial charge in [0, 0.05) is 18.9 Å². The van der Waals surface area contributed by atoms with Crippen molar-refractivity contribution in [3.05, 3.63) is 18.7 Å². The first-order valence-electron chi connectivity index (χ1n) is 3.59. The van der Waals surface area contributed by atoms with Gasteiger partial charge in [-0.1, -0.05) is 0 Å². The Balaban J connectivity index is 2.51. The van der Waals surface area contributed by atoms with E-state index in [4.69, 9.17) is 10.5 Å². The van der Waals surface area contributed by atoms with Gasteiger partial charge in [-0.3, -0.25) is 0 Å². The highest BCUT2D eigenvalue weighted by atomic mass is 15.0. The molecular weight excluding hydrogens is 152 g/mol. The summed E-state index contributed by atoms with van der Waals surface area (Å²) in [7, 11) is 0. The van der Waals surface area contributed by atoms with Crippen molar-refractivity contribution in [3.8, 4) is 12.1 Å². The third kappa shape index (κ3) is 2.10. The van der Waals surface area contributed by atoms with E-state index in [0.717, 1.165) is 0 Å². The van der Waals surface area contributed by atoms with Crippen LogP contribution in [0.5, 0.6) is 0 Å². The van der Waals surface area contributed by atoms with E-state index in [9.17, 15) is 0 Å². The van der Waals surface area contributed by atoms with Gasteiger partial charge in [-0.05, 0) is 0 Å². The maximum Gasteiger partial charge on any atom is 0.0946 e. The fourth-order valence-corrected chi connectivity index (χ4v) is 0.910. The molecule has 0 spiro atoms. The zero-order valence-corrected chi connectivity index (χ0v) is 6.51. The molecule has 0 amide bonds. The molecule has 12 heavy (non-hydrogen) atoms. The Morgan fingerprint density at radius 3 is 2.83 bits per heavy atom. The van der Waals surface area contributed by atoms with Crippen molar-refractivity contribution < 1.29 is 0 Å². The molecule has 1 rings (SSSR count). The monoisotopic (exact) mass is 160 g/mol. The van der Waals surface area contributed by atoms with Crippen LogP contribution in [0.3, 0.4) is 0 Å². The van der Waals surface area contributed by atoms with Gasteiger partial charge in [0.2, 0.25) is 0 Å². The number of aromatic nitrogens is 2. The quantitative estimate of drug-likeness (QED) is 0.660. The molecule has 1 aromatic rings. The maximum atomic E-state index is 8.62. The van der Waals surface area contributed by atoms with Crippen molar-refractivity contribution in [1.29, 1.82) is 10.5 Å². The second-order valence-corrected chi connectivity index (χ2v) is 2.45. The lowest BCUT2D eigenvalue weighted by molar-refractivity contribution is 0.548. The first-order valence-corrected chi connectivity index (χ1v) is 3.59. The molecule has 1 heterocycles. The van der Waals surface area contributed by atoms with Gasteiger partial charge < -0.3 is 4.57 Å². The normalized spacial score (nSPS) is 11.5. The summed E-state index contributed by atoms with van der Waals surface area (Å²) in [5, 5.41) is 17.0. The molecule has 0 bridgehead atoms. The Morgan fingerprint density at radius 1 is 1.50 bits per heavy atom. The molecule has 0 N–H and O–H groups in total. The highest BCUT2D eigenvalue weighted by Gasteiger charge is 2.06. The number of nitrogens with zero attached hydrogens (tertiary/aromatic N) is 4. The molecule has 0 radical (unpaired) electrons. The van der Waals surface area contributed by atoms with E-state index in [1.54, 1.807) is 23.3 Å². The fraction of sp³-hybridized carbons (Fsp3) is 0.375. The smallest absolute Gasteiger partial charge is 0.0946 e. The standard InChI is InChI=1S/C8H8N4/c9-2-1-8(5-10)6-12-4-3-11-7-12/h3-4,7-8H,1,6H2. The fourth-order valence-electron chi connectivity index (χ4n) is 0.910. The Labute approximate surface area is 70.7 Å². The van der Waals surface area contributed by atoms with Gasteiger partial charge in [-0.2, -0.15) is 10.5 Å². The van der Waals surface area contributed by atoms with Crippen molar-refractivity contribution in [1.82, 2.24) is 9.55 Å². The van der Waals surface area contributed by atoms with Crippen LogP contribution in [-0.2, 0) is 6.54 Å². The molecule has 4 heteroatoms. The number of nitriles is 2. The van der Waals surface area contributed by atoms with E-state index in [1.807, 2.05) is 6.07 Å². The molecule has 1 atom stereocenters. The van der Waals surface area contributed by atoms with Crippen LogP contribution in [0.4, 0.5) is 0 Å². The summed E-state index contributed by atoms with van der Waals surface area (Å²) in [5.41, 5.74) is 0. The maximum absolute atomic E-state index is 8.62. The second kappa shape index (κ2) is 4.15. The zero-order chi connectivity index (χ0) is 8.81. The van der Waals surface area contributed by atoms with Gasteiger partial charge in [0.1, 0.15) is 0 Å². The average Bonchev–Trinajstić information content (AvgIpc) is 2.56. The minimum Gasteiger partial charge on any atom is -0.336 e. The van der Waals surface area contributed by atoms with Crippen LogP contribution in [0.15, 0.2) is 18.7 Å². The summed E-state index contributed by atoms with van der Waals surface area (Å²) >= 11 is 0. The molecule has 60 valence electrons. The molecule has 0 aliphatic carbocycles. The average molecular weight is 160 g/mol. The summed E-state index contributed by atoms with van der Waals surface area (Å²) in [4.78, 5) is 3.84. The Bertz CT molecular complexity index is 301. The third-order valence-electron chi connectivity index (χ3n) is 1.51. The molecule has 0 aromatic carbocycles. The predicted octanol–water partition coefficient (Wildman–Crippen LogP) is 0.937. The Morgan fingerprint density at radius 2 is 2.33 bits per heavy atom. The molecular formula is C8H8N4. The van der Waals surface area contributed by atoms with Gasteiger partial charge in [-0.15, -0.1) is 0 Å². The van der Waals surface area contributed by atoms with Gasteiger partial charge in [0.15, 0.2) is 0 Å². The first-order chi connectivity index (χ1) is 5.86. The Hall–Kier alpha value is -1.81. The molecule has 1 unspecified atom stereocenters. The third-order valence-corrected chi connectivity index (χ3v) is 1.51. The number of rotatable bonds is 3. The molecule has 0 saturated heterocycles. The van der Waals surface area contributed by atoms with Crippen LogP contribution >= 0.6 is 0 Å². The summed E-state index contributed by atoms with van der Waals surface area (Å²) < 4.78 is 1.80. The van der Waals surface area contributed by atoms with Crippen LogP contribution in [-0.4, -0.2) is 9.55 Å². The first kappa shape index (κ1) is 8.29. The topological polar surface area (TPSA) is 65.4 Å². The van der Waals surface area contributed by atoms with Crippen LogP contribution in [0.25, 0.3) is 0 Å². The number of hydrogen-bond donors (Lipinski definition) is 0. The van der Waals surface area contributed by atoms with E-state index >= 15 is 0 Å². The van der Waals surface area contributed by atoms with Crippen molar-refractivity contribution in [2.45, 2.75) is 13.0 Å². The van der Waals surface area contributed by atoms with E-state index in [-0.39, 0.29) is 12.3 Å². The van der Waals surface area contributed by atoms with E-state index in [1.165, 1.54) is 0 Å². The highest BCUT2D eigenvalue weighted by molar-refractivity contribution is 4.91. The lowest BCUT2D eigenvalue weighted by Crippen LogP contribution is -2.06. The van der Waals surface area contributed by atoms with Gasteiger partial charge in [0.25, 0.3) is 0 Å². The second-order valence-electron chi connectivity index (χ2n) is 2.45. The molecule has 4 nitrogen and oxygen atoms in total. The minimum absolute atomic E-state index is 0.232. The molecule has 1 aromatic heterocycles. The lowest BCUT2D eigenvalue weighted by Gasteiger charge is -2.03. The van der Waals surface area contributed by atoms with E-state index < -0.39 is 0 Å². The summed E-state index contributed by atoms with van der Waals surface area (Å²) in [6, 6.07) is 4.05. The van der Waals surface area contributed by atoms with Crippen LogP contribution in [0.1, 0.15) is 6.42 Å². The van der Waals surface area contributed by atoms with Crippen molar-refractivity contribution in [2.24, 2.45) is 5.92 Å². The molecule has 0 fully saturated rings. The van der Waals surface area contributed by atoms with Crippen LogP contribution in [0, 0.1) is 28.6 Å². The van der Waals surface area contributed by atoms with Gasteiger partial charge in [0.05, 0.1) is 30.8 Å².